The van der Waals surface area contributed by atoms with E-state index in [4.69, 9.17) is 11.6 Å². The maximum Gasteiger partial charge on any atom is 0.416 e. The van der Waals surface area contributed by atoms with Gasteiger partial charge in [0.05, 0.1) is 10.5 Å². The summed E-state index contributed by atoms with van der Waals surface area (Å²) in [6, 6.07) is 8.70. The summed E-state index contributed by atoms with van der Waals surface area (Å²) in [4.78, 5) is 24.4. The summed E-state index contributed by atoms with van der Waals surface area (Å²) in [5, 5.41) is 10.1. The van der Waals surface area contributed by atoms with Gasteiger partial charge in [0.15, 0.2) is 0 Å². The first kappa shape index (κ1) is 19.5. The van der Waals surface area contributed by atoms with Crippen LogP contribution in [-0.4, -0.2) is 28.0 Å². The third-order valence-electron chi connectivity index (χ3n) is 4.07. The number of carbonyl (C=O) groups excluding carboxylic acids is 1. The van der Waals surface area contributed by atoms with Gasteiger partial charge >= 0.3 is 6.18 Å². The number of alkyl halides is 3. The molecule has 3 rings (SSSR count). The Morgan fingerprint density at radius 2 is 1.96 bits per heavy atom. The van der Waals surface area contributed by atoms with Crippen molar-refractivity contribution >= 4 is 35.0 Å². The minimum atomic E-state index is -4.55. The minimum absolute atomic E-state index is 0.00286. The molecule has 142 valence electrons. The van der Waals surface area contributed by atoms with Gasteiger partial charge in [-0.15, -0.1) is 11.8 Å². The topological polar surface area (TPSA) is 63.4 Å². The summed E-state index contributed by atoms with van der Waals surface area (Å²) in [5.74, 6) is -0.125. The molecule has 0 N–H and O–H groups in total. The first-order valence-electron chi connectivity index (χ1n) is 7.73. The average molecular weight is 417 g/mol. The highest BCUT2D eigenvalue weighted by molar-refractivity contribution is 7.99. The van der Waals surface area contributed by atoms with Crippen molar-refractivity contribution in [1.82, 2.24) is 4.90 Å². The normalized spacial score (nSPS) is 17.2. The Morgan fingerprint density at radius 3 is 2.63 bits per heavy atom. The van der Waals surface area contributed by atoms with Gasteiger partial charge in [0.1, 0.15) is 10.4 Å². The Kier molecular flexibility index (Phi) is 5.34. The first-order chi connectivity index (χ1) is 12.7. The van der Waals surface area contributed by atoms with Crippen molar-refractivity contribution < 1.29 is 22.9 Å². The van der Waals surface area contributed by atoms with Crippen molar-refractivity contribution in [3.63, 3.8) is 0 Å². The second-order valence-corrected chi connectivity index (χ2v) is 7.33. The van der Waals surface area contributed by atoms with E-state index in [0.29, 0.717) is 5.75 Å². The zero-order chi connectivity index (χ0) is 19.8. The summed E-state index contributed by atoms with van der Waals surface area (Å²) in [5.41, 5.74) is -1.24. The maximum absolute atomic E-state index is 13.3. The molecule has 2 aromatic rings. The Hall–Kier alpha value is -2.26. The highest BCUT2D eigenvalue weighted by Gasteiger charge is 2.39. The number of benzene rings is 2. The summed E-state index contributed by atoms with van der Waals surface area (Å²) in [6.07, 6.45) is -4.55. The number of halogens is 4. The van der Waals surface area contributed by atoms with E-state index in [1.165, 1.54) is 47.0 Å². The maximum atomic E-state index is 13.3. The molecule has 0 spiro atoms. The second kappa shape index (κ2) is 7.40. The third-order valence-corrected chi connectivity index (χ3v) is 5.64. The molecular formula is C17H12ClF3N2O3S. The summed E-state index contributed by atoms with van der Waals surface area (Å²) >= 11 is 6.97. The molecule has 0 aliphatic carbocycles. The lowest BCUT2D eigenvalue weighted by atomic mass is 10.1. The molecule has 1 fully saturated rings. The van der Waals surface area contributed by atoms with Crippen LogP contribution < -0.4 is 0 Å². The van der Waals surface area contributed by atoms with Crippen molar-refractivity contribution in [2.75, 3.05) is 12.3 Å². The highest BCUT2D eigenvalue weighted by atomic mass is 35.5. The Balaban J connectivity index is 1.98. The van der Waals surface area contributed by atoms with Crippen molar-refractivity contribution in [2.45, 2.75) is 11.6 Å². The molecule has 1 amide bonds. The third kappa shape index (κ3) is 3.89. The van der Waals surface area contributed by atoms with Crippen molar-refractivity contribution in [2.24, 2.45) is 0 Å². The molecule has 0 unspecified atom stereocenters. The standard InChI is InChI=1S/C17H12ClF3N2O3S/c18-13-6-5-10(9-14(13)23(25)26)15(24)22-7-8-27-16(22)11-3-1-2-4-12(11)17(19,20)21/h1-6,9,16H,7-8H2/t16-/m0/s1. The predicted octanol–water partition coefficient (Wildman–Crippen LogP) is 5.15. The number of hydrogen-bond donors (Lipinski definition) is 0. The molecular weight excluding hydrogens is 405 g/mol. The number of carbonyl (C=O) groups is 1. The summed E-state index contributed by atoms with van der Waals surface area (Å²) in [6.45, 7) is 0.233. The number of amides is 1. The van der Waals surface area contributed by atoms with Gasteiger partial charge in [0.2, 0.25) is 0 Å². The van der Waals surface area contributed by atoms with E-state index in [2.05, 4.69) is 0 Å². The molecule has 1 saturated heterocycles. The van der Waals surface area contributed by atoms with E-state index >= 15 is 0 Å². The van der Waals surface area contributed by atoms with E-state index in [0.717, 1.165) is 12.1 Å². The summed E-state index contributed by atoms with van der Waals surface area (Å²) < 4.78 is 40.0. The zero-order valence-electron chi connectivity index (χ0n) is 13.6. The van der Waals surface area contributed by atoms with Crippen LogP contribution in [0.15, 0.2) is 42.5 Å². The number of nitro groups is 1. The molecule has 2 aromatic carbocycles. The number of nitrogens with zero attached hydrogens (tertiary/aromatic N) is 2. The van der Waals surface area contributed by atoms with Crippen LogP contribution >= 0.6 is 23.4 Å². The fraction of sp³-hybridized carbons (Fsp3) is 0.235. The van der Waals surface area contributed by atoms with E-state index in [1.54, 1.807) is 0 Å². The lowest BCUT2D eigenvalue weighted by molar-refractivity contribution is -0.384. The Morgan fingerprint density at radius 1 is 1.26 bits per heavy atom. The van der Waals surface area contributed by atoms with Gasteiger partial charge in [-0.25, -0.2) is 0 Å². The van der Waals surface area contributed by atoms with Crippen LogP contribution in [0.3, 0.4) is 0 Å². The highest BCUT2D eigenvalue weighted by Crippen LogP contribution is 2.44. The first-order valence-corrected chi connectivity index (χ1v) is 9.15. The molecule has 1 atom stereocenters. The number of thioether (sulfide) groups is 1. The molecule has 0 bridgehead atoms. The Bertz CT molecular complexity index is 907. The van der Waals surface area contributed by atoms with Crippen LogP contribution in [0.25, 0.3) is 0 Å². The molecule has 1 heterocycles. The number of rotatable bonds is 3. The van der Waals surface area contributed by atoms with Gasteiger partial charge in [0, 0.05) is 23.9 Å². The van der Waals surface area contributed by atoms with Crippen molar-refractivity contribution in [1.29, 1.82) is 0 Å². The van der Waals surface area contributed by atoms with Crippen LogP contribution in [0.2, 0.25) is 5.02 Å². The molecule has 5 nitrogen and oxygen atoms in total. The van der Waals surface area contributed by atoms with Gasteiger partial charge < -0.3 is 4.90 Å². The van der Waals surface area contributed by atoms with E-state index in [-0.39, 0.29) is 22.7 Å². The molecule has 1 aliphatic heterocycles. The van der Waals surface area contributed by atoms with Gasteiger partial charge in [-0.2, -0.15) is 13.2 Å². The predicted molar refractivity (Wildman–Crippen MR) is 95.8 cm³/mol. The number of hydrogen-bond acceptors (Lipinski definition) is 4. The molecule has 0 radical (unpaired) electrons. The average Bonchev–Trinajstić information content (AvgIpc) is 3.10. The van der Waals surface area contributed by atoms with Crippen molar-refractivity contribution in [3.05, 3.63) is 74.3 Å². The molecule has 10 heteroatoms. The van der Waals surface area contributed by atoms with Crippen molar-refractivity contribution in [3.8, 4) is 0 Å². The van der Waals surface area contributed by atoms with E-state index < -0.39 is 33.6 Å². The number of nitro benzene ring substituents is 1. The Labute approximate surface area is 161 Å². The zero-order valence-corrected chi connectivity index (χ0v) is 15.1. The van der Waals surface area contributed by atoms with Gasteiger partial charge in [0.25, 0.3) is 11.6 Å². The lowest BCUT2D eigenvalue weighted by Gasteiger charge is -2.26. The van der Waals surface area contributed by atoms with Crippen LogP contribution in [0.5, 0.6) is 0 Å². The van der Waals surface area contributed by atoms with E-state index in [9.17, 15) is 28.1 Å². The SMILES string of the molecule is O=C(c1ccc(Cl)c([N+](=O)[O-])c1)N1CCS[C@H]1c1ccccc1C(F)(F)F. The lowest BCUT2D eigenvalue weighted by Crippen LogP contribution is -2.31. The van der Waals surface area contributed by atoms with Crippen LogP contribution in [-0.2, 0) is 6.18 Å². The molecule has 1 aliphatic rings. The monoisotopic (exact) mass is 416 g/mol. The van der Waals surface area contributed by atoms with Gasteiger partial charge in [-0.3, -0.25) is 14.9 Å². The quantitative estimate of drug-likeness (QED) is 0.512. The van der Waals surface area contributed by atoms with E-state index in [1.807, 2.05) is 0 Å². The fourth-order valence-electron chi connectivity index (χ4n) is 2.86. The minimum Gasteiger partial charge on any atom is -0.322 e. The van der Waals surface area contributed by atoms with Crippen LogP contribution in [0.4, 0.5) is 18.9 Å². The van der Waals surface area contributed by atoms with Crippen LogP contribution in [0, 0.1) is 10.1 Å². The van der Waals surface area contributed by atoms with Crippen LogP contribution in [0.1, 0.15) is 26.9 Å². The molecule has 0 aromatic heterocycles. The molecule has 27 heavy (non-hydrogen) atoms. The van der Waals surface area contributed by atoms with Gasteiger partial charge in [-0.1, -0.05) is 29.8 Å². The fourth-order valence-corrected chi connectivity index (χ4v) is 4.34. The molecule has 0 saturated carbocycles. The smallest absolute Gasteiger partial charge is 0.322 e. The summed E-state index contributed by atoms with van der Waals surface area (Å²) in [7, 11) is 0. The van der Waals surface area contributed by atoms with Gasteiger partial charge in [-0.05, 0) is 23.8 Å². The largest absolute Gasteiger partial charge is 0.416 e. The second-order valence-electron chi connectivity index (χ2n) is 5.73.